The predicted octanol–water partition coefficient (Wildman–Crippen LogP) is 3.06. The fraction of sp³-hybridized carbons (Fsp3) is 0.333. The Balaban J connectivity index is 1.75. The molecule has 2 rings (SSSR count). The van der Waals surface area contributed by atoms with Gasteiger partial charge in [-0.1, -0.05) is 36.4 Å². The molecule has 1 atom stereocenters. The van der Waals surface area contributed by atoms with Crippen LogP contribution in [0.4, 0.5) is 0 Å². The third-order valence-electron chi connectivity index (χ3n) is 4.11. The number of hydrogen-bond acceptors (Lipinski definition) is 5. The SMILES string of the molecule is COc1ccc(CCC(=O)OCC(=O)N[C@H](C)c2ccccc2)cc1OC. The Bertz CT molecular complexity index is 760. The highest BCUT2D eigenvalue weighted by Gasteiger charge is 2.12. The van der Waals surface area contributed by atoms with Crippen molar-refractivity contribution in [1.82, 2.24) is 5.32 Å². The van der Waals surface area contributed by atoms with Crippen molar-refractivity contribution in [2.24, 2.45) is 0 Å². The molecule has 0 unspecified atom stereocenters. The van der Waals surface area contributed by atoms with E-state index in [1.807, 2.05) is 49.4 Å². The summed E-state index contributed by atoms with van der Waals surface area (Å²) in [6.45, 7) is 1.59. The second-order valence-electron chi connectivity index (χ2n) is 6.05. The highest BCUT2D eigenvalue weighted by Crippen LogP contribution is 2.27. The number of amides is 1. The quantitative estimate of drug-likeness (QED) is 0.686. The number of methoxy groups -OCH3 is 2. The Hall–Kier alpha value is -3.02. The van der Waals surface area contributed by atoms with Crippen LogP contribution in [0.2, 0.25) is 0 Å². The van der Waals surface area contributed by atoms with E-state index in [1.165, 1.54) is 0 Å². The second-order valence-corrected chi connectivity index (χ2v) is 6.05. The largest absolute Gasteiger partial charge is 0.493 e. The minimum Gasteiger partial charge on any atom is -0.493 e. The average Bonchev–Trinajstić information content (AvgIpc) is 2.71. The number of rotatable bonds is 9. The Kier molecular flexibility index (Phi) is 7.67. The number of carbonyl (C=O) groups is 2. The molecular formula is C21H25NO5. The molecule has 27 heavy (non-hydrogen) atoms. The topological polar surface area (TPSA) is 73.9 Å². The number of benzene rings is 2. The molecule has 0 saturated carbocycles. The highest BCUT2D eigenvalue weighted by atomic mass is 16.5. The molecule has 0 radical (unpaired) electrons. The summed E-state index contributed by atoms with van der Waals surface area (Å²) in [7, 11) is 3.13. The molecule has 0 saturated heterocycles. The smallest absolute Gasteiger partial charge is 0.306 e. The van der Waals surface area contributed by atoms with Gasteiger partial charge in [-0.3, -0.25) is 9.59 Å². The number of nitrogens with one attached hydrogen (secondary N) is 1. The fourth-order valence-electron chi connectivity index (χ4n) is 2.61. The Morgan fingerprint density at radius 2 is 1.70 bits per heavy atom. The maximum atomic E-state index is 11.9. The third kappa shape index (κ3) is 6.33. The van der Waals surface area contributed by atoms with Gasteiger partial charge in [-0.25, -0.2) is 0 Å². The molecule has 144 valence electrons. The lowest BCUT2D eigenvalue weighted by Gasteiger charge is -2.14. The van der Waals surface area contributed by atoms with E-state index >= 15 is 0 Å². The van der Waals surface area contributed by atoms with Gasteiger partial charge in [0, 0.05) is 6.42 Å². The van der Waals surface area contributed by atoms with Crippen molar-refractivity contribution < 1.29 is 23.8 Å². The van der Waals surface area contributed by atoms with Crippen LogP contribution in [0.25, 0.3) is 0 Å². The molecule has 2 aromatic carbocycles. The Labute approximate surface area is 159 Å². The van der Waals surface area contributed by atoms with E-state index in [9.17, 15) is 9.59 Å². The molecule has 0 spiro atoms. The molecule has 0 aromatic heterocycles. The number of esters is 1. The lowest BCUT2D eigenvalue weighted by molar-refractivity contribution is -0.148. The van der Waals surface area contributed by atoms with Crippen LogP contribution < -0.4 is 14.8 Å². The molecule has 0 heterocycles. The first-order valence-electron chi connectivity index (χ1n) is 8.74. The van der Waals surface area contributed by atoms with Gasteiger partial charge in [-0.05, 0) is 36.6 Å². The van der Waals surface area contributed by atoms with Crippen LogP contribution in [0.5, 0.6) is 11.5 Å². The third-order valence-corrected chi connectivity index (χ3v) is 4.11. The summed E-state index contributed by atoms with van der Waals surface area (Å²) in [5.41, 5.74) is 1.91. The van der Waals surface area contributed by atoms with Gasteiger partial charge in [-0.2, -0.15) is 0 Å². The van der Waals surface area contributed by atoms with Crippen LogP contribution in [0.1, 0.15) is 30.5 Å². The number of carbonyl (C=O) groups excluding carboxylic acids is 2. The van der Waals surface area contributed by atoms with Crippen molar-refractivity contribution in [1.29, 1.82) is 0 Å². The lowest BCUT2D eigenvalue weighted by Crippen LogP contribution is -2.31. The van der Waals surface area contributed by atoms with Crippen LogP contribution in [-0.2, 0) is 20.7 Å². The molecule has 0 aliphatic rings. The van der Waals surface area contributed by atoms with Crippen LogP contribution in [0.3, 0.4) is 0 Å². The first kappa shape index (κ1) is 20.3. The van der Waals surface area contributed by atoms with Crippen LogP contribution in [0.15, 0.2) is 48.5 Å². The van der Waals surface area contributed by atoms with E-state index in [1.54, 1.807) is 20.3 Å². The minimum atomic E-state index is -0.424. The van der Waals surface area contributed by atoms with Crippen LogP contribution in [0, 0.1) is 0 Å². The molecule has 1 amide bonds. The first-order chi connectivity index (χ1) is 13.0. The standard InChI is InChI=1S/C21H25NO5/c1-15(17-7-5-4-6-8-17)22-20(23)14-27-21(24)12-10-16-9-11-18(25-2)19(13-16)26-3/h4-9,11,13,15H,10,12,14H2,1-3H3,(H,22,23)/t15-/m1/s1. The molecular weight excluding hydrogens is 346 g/mol. The summed E-state index contributed by atoms with van der Waals surface area (Å²) < 4.78 is 15.5. The zero-order valence-corrected chi connectivity index (χ0v) is 15.9. The van der Waals surface area contributed by atoms with Gasteiger partial charge in [0.15, 0.2) is 18.1 Å². The maximum Gasteiger partial charge on any atom is 0.306 e. The Morgan fingerprint density at radius 1 is 1.00 bits per heavy atom. The Morgan fingerprint density at radius 3 is 2.37 bits per heavy atom. The van der Waals surface area contributed by atoms with E-state index in [4.69, 9.17) is 14.2 Å². The summed E-state index contributed by atoms with van der Waals surface area (Å²) >= 11 is 0. The van der Waals surface area contributed by atoms with Crippen molar-refractivity contribution in [3.05, 3.63) is 59.7 Å². The van der Waals surface area contributed by atoms with E-state index < -0.39 is 5.97 Å². The van der Waals surface area contributed by atoms with Crippen molar-refractivity contribution in [2.75, 3.05) is 20.8 Å². The predicted molar refractivity (Wildman–Crippen MR) is 102 cm³/mol. The van der Waals surface area contributed by atoms with E-state index in [2.05, 4.69) is 5.32 Å². The van der Waals surface area contributed by atoms with Gasteiger partial charge < -0.3 is 19.5 Å². The van der Waals surface area contributed by atoms with Gasteiger partial charge in [0.25, 0.3) is 5.91 Å². The normalized spacial score (nSPS) is 11.4. The number of hydrogen-bond donors (Lipinski definition) is 1. The molecule has 0 aliphatic heterocycles. The molecule has 0 fully saturated rings. The maximum absolute atomic E-state index is 11.9. The monoisotopic (exact) mass is 371 g/mol. The number of aryl methyl sites for hydroxylation is 1. The van der Waals surface area contributed by atoms with Crippen molar-refractivity contribution in [3.63, 3.8) is 0 Å². The molecule has 2 aromatic rings. The summed E-state index contributed by atoms with van der Waals surface area (Å²) in [5, 5.41) is 2.81. The zero-order chi connectivity index (χ0) is 19.6. The van der Waals surface area contributed by atoms with Gasteiger partial charge in [0.2, 0.25) is 0 Å². The van der Waals surface area contributed by atoms with Crippen molar-refractivity contribution in [2.45, 2.75) is 25.8 Å². The average molecular weight is 371 g/mol. The van der Waals surface area contributed by atoms with Crippen molar-refractivity contribution in [3.8, 4) is 11.5 Å². The van der Waals surface area contributed by atoms with Gasteiger partial charge >= 0.3 is 5.97 Å². The minimum absolute atomic E-state index is 0.149. The van der Waals surface area contributed by atoms with Gasteiger partial charge in [0.1, 0.15) is 0 Å². The van der Waals surface area contributed by atoms with Gasteiger partial charge in [0.05, 0.1) is 20.3 Å². The fourth-order valence-corrected chi connectivity index (χ4v) is 2.61. The first-order valence-corrected chi connectivity index (χ1v) is 8.74. The van der Waals surface area contributed by atoms with E-state index in [-0.39, 0.29) is 25.0 Å². The summed E-state index contributed by atoms with van der Waals surface area (Å²) in [6, 6.07) is 14.9. The molecule has 0 aliphatic carbocycles. The van der Waals surface area contributed by atoms with E-state index in [0.717, 1.165) is 11.1 Å². The van der Waals surface area contributed by atoms with Crippen molar-refractivity contribution >= 4 is 11.9 Å². The molecule has 6 heteroatoms. The summed E-state index contributed by atoms with van der Waals surface area (Å²) in [4.78, 5) is 23.8. The summed E-state index contributed by atoms with van der Waals surface area (Å²) in [6.07, 6.45) is 0.665. The number of ether oxygens (including phenoxy) is 3. The van der Waals surface area contributed by atoms with E-state index in [0.29, 0.717) is 17.9 Å². The second kappa shape index (κ2) is 10.2. The molecule has 6 nitrogen and oxygen atoms in total. The highest BCUT2D eigenvalue weighted by molar-refractivity contribution is 5.80. The zero-order valence-electron chi connectivity index (χ0n) is 15.9. The van der Waals surface area contributed by atoms with Crippen LogP contribution in [-0.4, -0.2) is 32.7 Å². The molecule has 1 N–H and O–H groups in total. The lowest BCUT2D eigenvalue weighted by atomic mass is 10.1. The molecule has 0 bridgehead atoms. The van der Waals surface area contributed by atoms with Crippen LogP contribution >= 0.6 is 0 Å². The summed E-state index contributed by atoms with van der Waals surface area (Å²) in [5.74, 6) is 0.490. The van der Waals surface area contributed by atoms with Gasteiger partial charge in [-0.15, -0.1) is 0 Å².